The molecule has 0 N–H and O–H groups in total. The maximum Gasteiger partial charge on any atom is 0.299 e. The average molecular weight is 230 g/mol. The first-order valence-corrected chi connectivity index (χ1v) is 5.24. The number of carbonyl (C=O) groups is 1. The number of fused-ring (bicyclic) bond motifs is 2. The van der Waals surface area contributed by atoms with Gasteiger partial charge in [-0.2, -0.15) is 8.78 Å². The van der Waals surface area contributed by atoms with Gasteiger partial charge in [0, 0.05) is 22.3 Å². The first kappa shape index (κ1) is 10.1. The molecule has 2 aromatic rings. The molecule has 2 aromatic carbocycles. The minimum absolute atomic E-state index is 0.0937. The fourth-order valence-electron chi connectivity index (χ4n) is 2.20. The highest BCUT2D eigenvalue weighted by Crippen LogP contribution is 2.43. The largest absolute Gasteiger partial charge is 0.299 e. The van der Waals surface area contributed by atoms with Crippen molar-refractivity contribution < 1.29 is 13.6 Å². The van der Waals surface area contributed by atoms with Crippen LogP contribution in [0.4, 0.5) is 8.78 Å². The Labute approximate surface area is 96.7 Å². The molecule has 0 unspecified atom stereocenters. The Bertz CT molecular complexity index is 566. The summed E-state index contributed by atoms with van der Waals surface area (Å²) in [6.45, 7) is 0. The van der Waals surface area contributed by atoms with Crippen LogP contribution in [0.3, 0.4) is 0 Å². The van der Waals surface area contributed by atoms with Crippen LogP contribution in [0.5, 0.6) is 0 Å². The minimum atomic E-state index is -3.10. The summed E-state index contributed by atoms with van der Waals surface area (Å²) in [5.41, 5.74) is -0.222. The number of rotatable bonds is 0. The molecular weight excluding hydrogens is 222 g/mol. The lowest BCUT2D eigenvalue weighted by atomic mass is 9.82. The Hall–Kier alpha value is -2.03. The van der Waals surface area contributed by atoms with E-state index in [4.69, 9.17) is 0 Å². The Morgan fingerprint density at radius 1 is 0.765 bits per heavy atom. The molecule has 0 bridgehead atoms. The van der Waals surface area contributed by atoms with E-state index in [2.05, 4.69) is 0 Å². The van der Waals surface area contributed by atoms with E-state index in [1.165, 1.54) is 36.4 Å². The van der Waals surface area contributed by atoms with Gasteiger partial charge in [0.15, 0.2) is 5.78 Å². The fraction of sp³-hybridized carbons (Fsp3) is 0.0714. The summed E-state index contributed by atoms with van der Waals surface area (Å²) >= 11 is 0. The zero-order valence-electron chi connectivity index (χ0n) is 8.78. The molecule has 17 heavy (non-hydrogen) atoms. The Balaban J connectivity index is 2.38. The van der Waals surface area contributed by atoms with Gasteiger partial charge in [-0.15, -0.1) is 0 Å². The van der Waals surface area contributed by atoms with Gasteiger partial charge in [-0.1, -0.05) is 48.5 Å². The number of ketones is 1. The highest BCUT2D eigenvalue weighted by molar-refractivity contribution is 6.12. The third-order valence-electron chi connectivity index (χ3n) is 3.02. The van der Waals surface area contributed by atoms with Crippen molar-refractivity contribution in [1.29, 1.82) is 0 Å². The van der Waals surface area contributed by atoms with Crippen molar-refractivity contribution in [2.75, 3.05) is 0 Å². The van der Waals surface area contributed by atoms with Gasteiger partial charge < -0.3 is 0 Å². The number of hydrogen-bond donors (Lipinski definition) is 0. The van der Waals surface area contributed by atoms with Gasteiger partial charge in [0.2, 0.25) is 0 Å². The summed E-state index contributed by atoms with van der Waals surface area (Å²) in [4.78, 5) is 12.1. The van der Waals surface area contributed by atoms with Crippen LogP contribution in [-0.4, -0.2) is 5.78 Å². The summed E-state index contributed by atoms with van der Waals surface area (Å²) < 4.78 is 28.4. The number of carbonyl (C=O) groups excluding carboxylic acids is 1. The number of alkyl halides is 2. The number of benzene rings is 2. The van der Waals surface area contributed by atoms with Gasteiger partial charge in [-0.05, 0) is 0 Å². The normalized spacial score (nSPS) is 16.2. The van der Waals surface area contributed by atoms with Crippen LogP contribution in [0.25, 0.3) is 0 Å². The molecule has 84 valence electrons. The van der Waals surface area contributed by atoms with E-state index < -0.39 is 5.92 Å². The minimum Gasteiger partial charge on any atom is -0.289 e. The van der Waals surface area contributed by atoms with Gasteiger partial charge in [0.25, 0.3) is 5.92 Å². The summed E-state index contributed by atoms with van der Waals surface area (Å²) in [6.07, 6.45) is 0. The zero-order chi connectivity index (χ0) is 12.0. The molecule has 0 saturated carbocycles. The van der Waals surface area contributed by atoms with E-state index in [1.807, 2.05) is 0 Å². The molecule has 3 rings (SSSR count). The van der Waals surface area contributed by atoms with Crippen molar-refractivity contribution in [1.82, 2.24) is 0 Å². The van der Waals surface area contributed by atoms with Crippen molar-refractivity contribution in [3.05, 3.63) is 70.8 Å². The van der Waals surface area contributed by atoms with Crippen molar-refractivity contribution in [3.8, 4) is 0 Å². The van der Waals surface area contributed by atoms with Crippen molar-refractivity contribution >= 4 is 5.78 Å². The van der Waals surface area contributed by atoms with E-state index in [-0.39, 0.29) is 28.0 Å². The molecule has 0 amide bonds. The molecule has 0 saturated heterocycles. The van der Waals surface area contributed by atoms with E-state index in [0.29, 0.717) is 0 Å². The maximum absolute atomic E-state index is 14.2. The third kappa shape index (κ3) is 1.25. The quantitative estimate of drug-likeness (QED) is 0.678. The van der Waals surface area contributed by atoms with Gasteiger partial charge in [0.1, 0.15) is 0 Å². The second-order valence-corrected chi connectivity index (χ2v) is 3.99. The molecule has 0 spiro atoms. The summed E-state index contributed by atoms with van der Waals surface area (Å²) in [5, 5.41) is 0. The topological polar surface area (TPSA) is 17.1 Å². The summed E-state index contributed by atoms with van der Waals surface area (Å²) in [6, 6.07) is 11.7. The molecular formula is C14H8F2O. The van der Waals surface area contributed by atoms with Gasteiger partial charge >= 0.3 is 0 Å². The standard InChI is InChI=1S/C14H8F2O/c15-14(16)11-7-3-1-5-9(11)13(17)10-6-2-4-8-12(10)14/h1-8H. The molecule has 0 aromatic heterocycles. The van der Waals surface area contributed by atoms with Crippen molar-refractivity contribution in [2.24, 2.45) is 0 Å². The van der Waals surface area contributed by atoms with Crippen LogP contribution < -0.4 is 0 Å². The smallest absolute Gasteiger partial charge is 0.289 e. The fourth-order valence-corrected chi connectivity index (χ4v) is 2.20. The highest BCUT2D eigenvalue weighted by Gasteiger charge is 2.44. The lowest BCUT2D eigenvalue weighted by Crippen LogP contribution is -2.27. The summed E-state index contributed by atoms with van der Waals surface area (Å²) in [7, 11) is 0. The predicted molar refractivity (Wildman–Crippen MR) is 59.3 cm³/mol. The van der Waals surface area contributed by atoms with Crippen LogP contribution in [0, 0.1) is 0 Å². The van der Waals surface area contributed by atoms with E-state index in [0.717, 1.165) is 0 Å². The third-order valence-corrected chi connectivity index (χ3v) is 3.02. The lowest BCUT2D eigenvalue weighted by Gasteiger charge is -2.26. The van der Waals surface area contributed by atoms with Crippen molar-refractivity contribution in [2.45, 2.75) is 5.92 Å². The molecule has 0 fully saturated rings. The summed E-state index contributed by atoms with van der Waals surface area (Å²) in [5.74, 6) is -3.43. The van der Waals surface area contributed by atoms with Crippen LogP contribution >= 0.6 is 0 Å². The second-order valence-electron chi connectivity index (χ2n) is 3.99. The van der Waals surface area contributed by atoms with Crippen molar-refractivity contribution in [3.63, 3.8) is 0 Å². The van der Waals surface area contributed by atoms with Crippen LogP contribution in [0.2, 0.25) is 0 Å². The zero-order valence-corrected chi connectivity index (χ0v) is 8.78. The van der Waals surface area contributed by atoms with Crippen LogP contribution in [0.1, 0.15) is 27.0 Å². The predicted octanol–water partition coefficient (Wildman–Crippen LogP) is 3.37. The van der Waals surface area contributed by atoms with E-state index >= 15 is 0 Å². The molecule has 1 aliphatic rings. The molecule has 1 nitrogen and oxygen atoms in total. The number of halogens is 2. The van der Waals surface area contributed by atoms with Gasteiger partial charge in [-0.3, -0.25) is 4.79 Å². The Kier molecular flexibility index (Phi) is 1.93. The Morgan fingerprint density at radius 2 is 1.18 bits per heavy atom. The van der Waals surface area contributed by atoms with E-state index in [1.54, 1.807) is 12.1 Å². The van der Waals surface area contributed by atoms with E-state index in [9.17, 15) is 13.6 Å². The molecule has 0 heterocycles. The maximum atomic E-state index is 14.2. The highest BCUT2D eigenvalue weighted by atomic mass is 19.3. The average Bonchev–Trinajstić information content (AvgIpc) is 2.37. The molecule has 1 aliphatic carbocycles. The van der Waals surface area contributed by atoms with Gasteiger partial charge in [-0.25, -0.2) is 0 Å². The first-order chi connectivity index (χ1) is 8.12. The lowest BCUT2D eigenvalue weighted by molar-refractivity contribution is 0.0376. The van der Waals surface area contributed by atoms with Crippen LogP contribution in [0.15, 0.2) is 48.5 Å². The molecule has 3 heteroatoms. The number of hydrogen-bond acceptors (Lipinski definition) is 1. The molecule has 0 aliphatic heterocycles. The van der Waals surface area contributed by atoms with Crippen LogP contribution in [-0.2, 0) is 5.92 Å². The van der Waals surface area contributed by atoms with Gasteiger partial charge in [0.05, 0.1) is 0 Å². The Morgan fingerprint density at radius 3 is 1.65 bits per heavy atom. The molecule has 0 atom stereocenters. The SMILES string of the molecule is O=C1c2ccccc2C(F)(F)c2ccccc21. The monoisotopic (exact) mass is 230 g/mol. The first-order valence-electron chi connectivity index (χ1n) is 5.24. The molecule has 0 radical (unpaired) electrons. The second kappa shape index (κ2) is 3.23.